The van der Waals surface area contributed by atoms with Crippen LogP contribution in [-0.2, 0) is 15.0 Å². The summed E-state index contributed by atoms with van der Waals surface area (Å²) >= 11 is 0. The summed E-state index contributed by atoms with van der Waals surface area (Å²) in [5, 5.41) is 10.8. The standard InChI is InChI=1S/C13H15F2NO3/c1-13(2,8-3-5-9(15)6-4-8)12(19)16-10(7-14)11(17)18/h3-6,10H,7H2,1-2H3,(H,16,19)(H,17,18). The summed E-state index contributed by atoms with van der Waals surface area (Å²) < 4.78 is 25.3. The molecule has 1 aromatic carbocycles. The molecule has 0 heterocycles. The van der Waals surface area contributed by atoms with Crippen LogP contribution in [0.5, 0.6) is 0 Å². The molecule has 0 saturated heterocycles. The van der Waals surface area contributed by atoms with E-state index in [0.717, 1.165) is 0 Å². The molecule has 1 aromatic rings. The van der Waals surface area contributed by atoms with Gasteiger partial charge in [0.05, 0.1) is 5.41 Å². The second-order valence-corrected chi connectivity index (χ2v) is 4.65. The quantitative estimate of drug-likeness (QED) is 0.855. The molecule has 0 aromatic heterocycles. The fraction of sp³-hybridized carbons (Fsp3) is 0.385. The van der Waals surface area contributed by atoms with Crippen LogP contribution in [0.2, 0.25) is 0 Å². The lowest BCUT2D eigenvalue weighted by Crippen LogP contribution is -2.49. The first-order valence-corrected chi connectivity index (χ1v) is 5.65. The smallest absolute Gasteiger partial charge is 0.328 e. The highest BCUT2D eigenvalue weighted by atomic mass is 19.1. The molecule has 1 amide bonds. The van der Waals surface area contributed by atoms with Crippen molar-refractivity contribution in [2.45, 2.75) is 25.3 Å². The predicted molar refractivity (Wildman–Crippen MR) is 65.0 cm³/mol. The first kappa shape index (κ1) is 15.1. The number of hydrogen-bond donors (Lipinski definition) is 2. The lowest BCUT2D eigenvalue weighted by molar-refractivity contribution is -0.143. The summed E-state index contributed by atoms with van der Waals surface area (Å²) in [7, 11) is 0. The molecule has 0 saturated carbocycles. The SMILES string of the molecule is CC(C)(C(=O)NC(CF)C(=O)O)c1ccc(F)cc1. The highest BCUT2D eigenvalue weighted by molar-refractivity contribution is 5.90. The third-order valence-electron chi connectivity index (χ3n) is 2.89. The second kappa shape index (κ2) is 5.77. The molecular formula is C13H15F2NO3. The van der Waals surface area contributed by atoms with E-state index in [1.807, 2.05) is 0 Å². The van der Waals surface area contributed by atoms with Gasteiger partial charge in [0, 0.05) is 0 Å². The molecule has 6 heteroatoms. The number of aliphatic carboxylic acids is 1. The average Bonchev–Trinajstić information content (AvgIpc) is 2.35. The topological polar surface area (TPSA) is 66.4 Å². The highest BCUT2D eigenvalue weighted by Gasteiger charge is 2.32. The number of hydrogen-bond acceptors (Lipinski definition) is 2. The Labute approximate surface area is 109 Å². The van der Waals surface area contributed by atoms with Crippen LogP contribution in [0.3, 0.4) is 0 Å². The van der Waals surface area contributed by atoms with E-state index in [4.69, 9.17) is 5.11 Å². The molecular weight excluding hydrogens is 256 g/mol. The molecule has 2 N–H and O–H groups in total. The maximum absolute atomic E-state index is 12.8. The lowest BCUT2D eigenvalue weighted by atomic mass is 9.83. The zero-order valence-corrected chi connectivity index (χ0v) is 10.6. The van der Waals surface area contributed by atoms with Crippen molar-refractivity contribution in [3.63, 3.8) is 0 Å². The largest absolute Gasteiger partial charge is 0.480 e. The molecule has 0 aliphatic carbocycles. The third kappa shape index (κ3) is 3.49. The molecule has 1 atom stereocenters. The van der Waals surface area contributed by atoms with Crippen molar-refractivity contribution in [3.8, 4) is 0 Å². The lowest BCUT2D eigenvalue weighted by Gasteiger charge is -2.25. The Morgan fingerprint density at radius 3 is 2.26 bits per heavy atom. The molecule has 104 valence electrons. The van der Waals surface area contributed by atoms with Gasteiger partial charge in [-0.2, -0.15) is 0 Å². The van der Waals surface area contributed by atoms with Crippen LogP contribution in [0, 0.1) is 5.82 Å². The maximum atomic E-state index is 12.8. The van der Waals surface area contributed by atoms with E-state index in [1.54, 1.807) is 13.8 Å². The number of halogens is 2. The summed E-state index contributed by atoms with van der Waals surface area (Å²) in [5.74, 6) is -2.51. The van der Waals surface area contributed by atoms with Crippen LogP contribution in [0.1, 0.15) is 19.4 Å². The normalized spacial score (nSPS) is 12.8. The fourth-order valence-electron chi connectivity index (χ4n) is 1.50. The Bertz CT molecular complexity index is 471. The number of carbonyl (C=O) groups excluding carboxylic acids is 1. The van der Waals surface area contributed by atoms with Gasteiger partial charge in [0.2, 0.25) is 5.91 Å². The van der Waals surface area contributed by atoms with Gasteiger partial charge >= 0.3 is 5.97 Å². The Balaban J connectivity index is 2.90. The number of nitrogens with one attached hydrogen (secondary N) is 1. The highest BCUT2D eigenvalue weighted by Crippen LogP contribution is 2.23. The Morgan fingerprint density at radius 2 is 1.84 bits per heavy atom. The van der Waals surface area contributed by atoms with Gasteiger partial charge in [-0.05, 0) is 31.5 Å². The first-order chi connectivity index (χ1) is 8.78. The number of carbonyl (C=O) groups is 2. The van der Waals surface area contributed by atoms with E-state index in [0.29, 0.717) is 5.56 Å². The van der Waals surface area contributed by atoms with Crippen molar-refractivity contribution in [1.82, 2.24) is 5.32 Å². The maximum Gasteiger partial charge on any atom is 0.328 e. The van der Waals surface area contributed by atoms with E-state index < -0.39 is 35.8 Å². The molecule has 1 unspecified atom stereocenters. The van der Waals surface area contributed by atoms with E-state index in [9.17, 15) is 18.4 Å². The van der Waals surface area contributed by atoms with Gasteiger partial charge in [-0.25, -0.2) is 13.6 Å². The van der Waals surface area contributed by atoms with Crippen LogP contribution in [-0.4, -0.2) is 29.7 Å². The van der Waals surface area contributed by atoms with Gasteiger partial charge < -0.3 is 10.4 Å². The zero-order valence-electron chi connectivity index (χ0n) is 10.6. The van der Waals surface area contributed by atoms with E-state index in [-0.39, 0.29) is 0 Å². The molecule has 0 aliphatic rings. The Morgan fingerprint density at radius 1 is 1.32 bits per heavy atom. The van der Waals surface area contributed by atoms with Gasteiger partial charge in [-0.1, -0.05) is 12.1 Å². The van der Waals surface area contributed by atoms with E-state index in [2.05, 4.69) is 5.32 Å². The van der Waals surface area contributed by atoms with Crippen molar-refractivity contribution in [3.05, 3.63) is 35.6 Å². The van der Waals surface area contributed by atoms with Gasteiger partial charge in [-0.15, -0.1) is 0 Å². The molecule has 0 spiro atoms. The predicted octanol–water partition coefficient (Wildman–Crippen LogP) is 1.64. The van der Waals surface area contributed by atoms with Gasteiger partial charge in [0.25, 0.3) is 0 Å². The van der Waals surface area contributed by atoms with Crippen LogP contribution in [0.15, 0.2) is 24.3 Å². The number of amides is 1. The van der Waals surface area contributed by atoms with E-state index in [1.165, 1.54) is 24.3 Å². The van der Waals surface area contributed by atoms with Crippen molar-refractivity contribution in [2.75, 3.05) is 6.67 Å². The van der Waals surface area contributed by atoms with Gasteiger partial charge in [0.15, 0.2) is 6.04 Å². The Kier molecular flexibility index (Phi) is 4.58. The van der Waals surface area contributed by atoms with Gasteiger partial charge in [-0.3, -0.25) is 4.79 Å². The van der Waals surface area contributed by atoms with Crippen molar-refractivity contribution in [2.24, 2.45) is 0 Å². The summed E-state index contributed by atoms with van der Waals surface area (Å²) in [5.41, 5.74) is -0.578. The van der Waals surface area contributed by atoms with Crippen molar-refractivity contribution in [1.29, 1.82) is 0 Å². The molecule has 0 bridgehead atoms. The minimum absolute atomic E-state index is 0.438. The molecule has 1 rings (SSSR count). The van der Waals surface area contributed by atoms with E-state index >= 15 is 0 Å². The third-order valence-corrected chi connectivity index (χ3v) is 2.89. The van der Waals surface area contributed by atoms with Gasteiger partial charge in [0.1, 0.15) is 12.5 Å². The first-order valence-electron chi connectivity index (χ1n) is 5.65. The zero-order chi connectivity index (χ0) is 14.6. The van der Waals surface area contributed by atoms with Crippen molar-refractivity contribution < 1.29 is 23.5 Å². The number of carboxylic acids is 1. The number of rotatable bonds is 5. The Hall–Kier alpha value is -1.98. The van der Waals surface area contributed by atoms with Crippen LogP contribution in [0.4, 0.5) is 8.78 Å². The molecule has 4 nitrogen and oxygen atoms in total. The molecule has 0 radical (unpaired) electrons. The van der Waals surface area contributed by atoms with Crippen LogP contribution in [0.25, 0.3) is 0 Å². The summed E-state index contributed by atoms with van der Waals surface area (Å²) in [6.45, 7) is 1.90. The summed E-state index contributed by atoms with van der Waals surface area (Å²) in [6.07, 6.45) is 0. The average molecular weight is 271 g/mol. The number of alkyl halides is 1. The van der Waals surface area contributed by atoms with Crippen LogP contribution < -0.4 is 5.32 Å². The van der Waals surface area contributed by atoms with Crippen molar-refractivity contribution >= 4 is 11.9 Å². The molecule has 0 fully saturated rings. The second-order valence-electron chi connectivity index (χ2n) is 4.65. The number of carboxylic acid groups (broad SMARTS) is 1. The molecule has 0 aliphatic heterocycles. The monoisotopic (exact) mass is 271 g/mol. The summed E-state index contributed by atoms with van der Waals surface area (Å²) in [6, 6.07) is 3.69. The summed E-state index contributed by atoms with van der Waals surface area (Å²) in [4.78, 5) is 22.7. The fourth-order valence-corrected chi connectivity index (χ4v) is 1.50. The molecule has 19 heavy (non-hydrogen) atoms. The minimum Gasteiger partial charge on any atom is -0.480 e. The number of benzene rings is 1. The minimum atomic E-state index is -1.58. The van der Waals surface area contributed by atoms with Crippen LogP contribution >= 0.6 is 0 Å².